The fourth-order valence-electron chi connectivity index (χ4n) is 2.18. The van der Waals surface area contributed by atoms with Crippen molar-refractivity contribution < 1.29 is 14.7 Å². The Morgan fingerprint density at radius 2 is 2.21 bits per heavy atom. The highest BCUT2D eigenvalue weighted by Gasteiger charge is 2.35. The Labute approximate surface area is 117 Å². The summed E-state index contributed by atoms with van der Waals surface area (Å²) in [6.45, 7) is 2.07. The van der Waals surface area contributed by atoms with Crippen LogP contribution < -0.4 is 5.56 Å². The number of carboxylic acid groups (broad SMARTS) is 1. The number of amides is 1. The van der Waals surface area contributed by atoms with Crippen LogP contribution in [0.5, 0.6) is 0 Å². The second-order valence-corrected chi connectivity index (χ2v) is 5.33. The zero-order valence-corrected chi connectivity index (χ0v) is 11.9. The highest BCUT2D eigenvalue weighted by atomic mass is 79.9. The molecule has 2 heterocycles. The van der Waals surface area contributed by atoms with Gasteiger partial charge in [0.1, 0.15) is 11.6 Å². The molecule has 1 fully saturated rings. The summed E-state index contributed by atoms with van der Waals surface area (Å²) in [5, 5.41) is 9.06. The van der Waals surface area contributed by atoms with Crippen LogP contribution in [0.3, 0.4) is 0 Å². The van der Waals surface area contributed by atoms with Gasteiger partial charge in [-0.3, -0.25) is 9.59 Å². The SMILES string of the molecule is Cc1[nH]c(=O)c(C(=O)N2CCCC2C(=O)O)cc1Br. The average molecular weight is 329 g/mol. The van der Waals surface area contributed by atoms with Crippen LogP contribution in [0, 0.1) is 6.92 Å². The quantitative estimate of drug-likeness (QED) is 0.851. The number of carbonyl (C=O) groups is 2. The molecule has 2 rings (SSSR count). The Morgan fingerprint density at radius 1 is 1.53 bits per heavy atom. The summed E-state index contributed by atoms with van der Waals surface area (Å²) in [5.74, 6) is -1.57. The predicted octanol–water partition coefficient (Wildman–Crippen LogP) is 1.14. The van der Waals surface area contributed by atoms with E-state index in [1.54, 1.807) is 6.92 Å². The van der Waals surface area contributed by atoms with Crippen LogP contribution in [0.4, 0.5) is 0 Å². The molecular formula is C12H13BrN2O4. The maximum Gasteiger partial charge on any atom is 0.326 e. The summed E-state index contributed by atoms with van der Waals surface area (Å²) in [5.41, 5.74) is 0.0881. The molecule has 19 heavy (non-hydrogen) atoms. The molecule has 1 saturated heterocycles. The largest absolute Gasteiger partial charge is 0.480 e. The number of likely N-dealkylation sites (tertiary alicyclic amines) is 1. The third kappa shape index (κ3) is 2.56. The molecule has 0 spiro atoms. The van der Waals surface area contributed by atoms with Crippen molar-refractivity contribution in [3.05, 3.63) is 32.2 Å². The molecule has 6 nitrogen and oxygen atoms in total. The normalized spacial score (nSPS) is 18.6. The maximum atomic E-state index is 12.3. The van der Waals surface area contributed by atoms with E-state index in [0.717, 1.165) is 0 Å². The van der Waals surface area contributed by atoms with Gasteiger partial charge in [-0.1, -0.05) is 0 Å². The first-order valence-electron chi connectivity index (χ1n) is 5.85. The number of H-pyrrole nitrogens is 1. The Hall–Kier alpha value is -1.63. The van der Waals surface area contributed by atoms with Gasteiger partial charge in [0.2, 0.25) is 0 Å². The van der Waals surface area contributed by atoms with E-state index >= 15 is 0 Å². The van der Waals surface area contributed by atoms with E-state index in [1.165, 1.54) is 11.0 Å². The number of pyridine rings is 1. The van der Waals surface area contributed by atoms with E-state index in [9.17, 15) is 14.4 Å². The van der Waals surface area contributed by atoms with Gasteiger partial charge in [-0.05, 0) is 41.8 Å². The molecule has 1 aromatic rings. The van der Waals surface area contributed by atoms with Gasteiger partial charge >= 0.3 is 5.97 Å². The Morgan fingerprint density at radius 3 is 2.84 bits per heavy atom. The predicted molar refractivity (Wildman–Crippen MR) is 71.2 cm³/mol. The smallest absolute Gasteiger partial charge is 0.326 e. The van der Waals surface area contributed by atoms with Gasteiger partial charge in [0.05, 0.1) is 0 Å². The number of aryl methyl sites for hydroxylation is 1. The first-order valence-corrected chi connectivity index (χ1v) is 6.64. The Balaban J connectivity index is 2.37. The highest BCUT2D eigenvalue weighted by Crippen LogP contribution is 2.21. The lowest BCUT2D eigenvalue weighted by atomic mass is 10.2. The lowest BCUT2D eigenvalue weighted by Gasteiger charge is -2.21. The van der Waals surface area contributed by atoms with Crippen LogP contribution >= 0.6 is 15.9 Å². The summed E-state index contributed by atoms with van der Waals surface area (Å²) in [7, 11) is 0. The minimum atomic E-state index is -1.03. The second kappa shape index (κ2) is 5.16. The highest BCUT2D eigenvalue weighted by molar-refractivity contribution is 9.10. The summed E-state index contributed by atoms with van der Waals surface area (Å²) in [6.07, 6.45) is 1.06. The summed E-state index contributed by atoms with van der Waals surface area (Å²) < 4.78 is 0.613. The molecule has 1 unspecified atom stereocenters. The minimum Gasteiger partial charge on any atom is -0.480 e. The van der Waals surface area contributed by atoms with E-state index in [-0.39, 0.29) is 5.56 Å². The molecule has 1 aliphatic heterocycles. The van der Waals surface area contributed by atoms with Crippen molar-refractivity contribution in [2.45, 2.75) is 25.8 Å². The molecule has 0 bridgehead atoms. The molecule has 7 heteroatoms. The van der Waals surface area contributed by atoms with E-state index in [1.807, 2.05) is 0 Å². The number of nitrogens with zero attached hydrogens (tertiary/aromatic N) is 1. The number of carboxylic acids is 1. The molecule has 102 valence electrons. The molecule has 0 aliphatic carbocycles. The molecular weight excluding hydrogens is 316 g/mol. The number of aliphatic carboxylic acids is 1. The van der Waals surface area contributed by atoms with Gasteiger partial charge in [-0.25, -0.2) is 4.79 Å². The molecule has 1 aromatic heterocycles. The van der Waals surface area contributed by atoms with Gasteiger partial charge in [-0.15, -0.1) is 0 Å². The number of aromatic amines is 1. The van der Waals surface area contributed by atoms with Gasteiger partial charge in [0.15, 0.2) is 0 Å². The van der Waals surface area contributed by atoms with E-state index in [0.29, 0.717) is 29.6 Å². The van der Waals surface area contributed by atoms with Crippen molar-refractivity contribution in [1.82, 2.24) is 9.88 Å². The van der Waals surface area contributed by atoms with Crippen LogP contribution in [0.15, 0.2) is 15.3 Å². The first kappa shape index (κ1) is 13.8. The van der Waals surface area contributed by atoms with Crippen molar-refractivity contribution in [3.63, 3.8) is 0 Å². The standard InChI is InChI=1S/C12H13BrN2O4/c1-6-8(13)5-7(10(16)14-6)11(17)15-4-2-3-9(15)12(18)19/h5,9H,2-4H2,1H3,(H,14,16)(H,18,19). The number of carbonyl (C=O) groups excluding carboxylic acids is 1. The molecule has 1 aliphatic rings. The number of aromatic nitrogens is 1. The van der Waals surface area contributed by atoms with Gasteiger partial charge in [0.25, 0.3) is 11.5 Å². The lowest BCUT2D eigenvalue weighted by Crippen LogP contribution is -2.42. The van der Waals surface area contributed by atoms with Crippen molar-refractivity contribution in [2.24, 2.45) is 0 Å². The number of hydrogen-bond donors (Lipinski definition) is 2. The van der Waals surface area contributed by atoms with E-state index in [2.05, 4.69) is 20.9 Å². The molecule has 0 saturated carbocycles. The van der Waals surface area contributed by atoms with Crippen molar-refractivity contribution in [1.29, 1.82) is 0 Å². The van der Waals surface area contributed by atoms with Crippen LogP contribution in [0.25, 0.3) is 0 Å². The van der Waals surface area contributed by atoms with Gasteiger partial charge in [0, 0.05) is 16.7 Å². The molecule has 2 N–H and O–H groups in total. The summed E-state index contributed by atoms with van der Waals surface area (Å²) in [6, 6.07) is 0.597. The van der Waals surface area contributed by atoms with Crippen molar-refractivity contribution in [2.75, 3.05) is 6.54 Å². The van der Waals surface area contributed by atoms with Crippen LogP contribution in [0.1, 0.15) is 28.9 Å². The van der Waals surface area contributed by atoms with Gasteiger partial charge in [-0.2, -0.15) is 0 Å². The van der Waals surface area contributed by atoms with Crippen LogP contribution in [-0.4, -0.2) is 39.5 Å². The van der Waals surface area contributed by atoms with Crippen LogP contribution in [-0.2, 0) is 4.79 Å². The third-order valence-electron chi connectivity index (χ3n) is 3.20. The fourth-order valence-corrected chi connectivity index (χ4v) is 2.51. The van der Waals surface area contributed by atoms with Crippen molar-refractivity contribution in [3.8, 4) is 0 Å². The molecule has 1 atom stereocenters. The van der Waals surface area contributed by atoms with E-state index in [4.69, 9.17) is 5.11 Å². The average Bonchev–Trinajstić information content (AvgIpc) is 2.82. The van der Waals surface area contributed by atoms with Gasteiger partial charge < -0.3 is 15.0 Å². The number of halogens is 1. The number of nitrogens with one attached hydrogen (secondary N) is 1. The maximum absolute atomic E-state index is 12.3. The number of hydrogen-bond acceptors (Lipinski definition) is 3. The molecule has 0 radical (unpaired) electrons. The minimum absolute atomic E-state index is 0.0365. The second-order valence-electron chi connectivity index (χ2n) is 4.48. The zero-order chi connectivity index (χ0) is 14.2. The topological polar surface area (TPSA) is 90.5 Å². The van der Waals surface area contributed by atoms with E-state index < -0.39 is 23.5 Å². The summed E-state index contributed by atoms with van der Waals surface area (Å²) in [4.78, 5) is 38.9. The fraction of sp³-hybridized carbons (Fsp3) is 0.417. The first-order chi connectivity index (χ1) is 8.91. The van der Waals surface area contributed by atoms with Crippen LogP contribution in [0.2, 0.25) is 0 Å². The lowest BCUT2D eigenvalue weighted by molar-refractivity contribution is -0.141. The summed E-state index contributed by atoms with van der Waals surface area (Å²) >= 11 is 3.24. The number of rotatable bonds is 2. The van der Waals surface area contributed by atoms with Crippen molar-refractivity contribution >= 4 is 27.8 Å². The third-order valence-corrected chi connectivity index (χ3v) is 4.03. The zero-order valence-electron chi connectivity index (χ0n) is 10.3. The molecule has 1 amide bonds. The monoisotopic (exact) mass is 328 g/mol. The Kier molecular flexibility index (Phi) is 3.75. The molecule has 0 aromatic carbocycles. The Bertz CT molecular complexity index is 596.